The van der Waals surface area contributed by atoms with Gasteiger partial charge in [0.05, 0.1) is 5.56 Å². The summed E-state index contributed by atoms with van der Waals surface area (Å²) in [7, 11) is 3.57. The zero-order chi connectivity index (χ0) is 11.3. The van der Waals surface area contributed by atoms with Gasteiger partial charge in [0.1, 0.15) is 12.1 Å². The van der Waals surface area contributed by atoms with Crippen molar-refractivity contribution in [1.29, 1.82) is 0 Å². The molecule has 5 heteroatoms. The minimum Gasteiger partial charge on any atom is -0.507 e. The second-order valence-electron chi connectivity index (χ2n) is 3.17. The molecule has 0 heterocycles. The van der Waals surface area contributed by atoms with Crippen LogP contribution < -0.4 is 5.43 Å². The number of carbonyl (C=O) groups excluding carboxylic acids is 1. The van der Waals surface area contributed by atoms with Gasteiger partial charge in [0.2, 0.25) is 0 Å². The molecular weight excluding hydrogens is 194 g/mol. The molecule has 0 radical (unpaired) electrons. The maximum absolute atomic E-state index is 11.4. The summed E-state index contributed by atoms with van der Waals surface area (Å²) in [6, 6.07) is 6.29. The molecule has 0 aliphatic carbocycles. The SMILES string of the molecule is CN(C)/C=N/NC(=O)c1ccccc1O. The van der Waals surface area contributed by atoms with Crippen molar-refractivity contribution in [2.24, 2.45) is 5.10 Å². The topological polar surface area (TPSA) is 64.9 Å². The molecule has 0 aliphatic rings. The van der Waals surface area contributed by atoms with Crippen molar-refractivity contribution in [3.05, 3.63) is 29.8 Å². The van der Waals surface area contributed by atoms with Crippen LogP contribution in [-0.4, -0.2) is 36.3 Å². The second kappa shape index (κ2) is 4.99. The van der Waals surface area contributed by atoms with E-state index in [0.717, 1.165) is 0 Å². The first kappa shape index (κ1) is 11.0. The Morgan fingerprint density at radius 2 is 2.13 bits per heavy atom. The third-order valence-corrected chi connectivity index (χ3v) is 1.60. The third-order valence-electron chi connectivity index (χ3n) is 1.60. The van der Waals surface area contributed by atoms with Crippen LogP contribution in [0.15, 0.2) is 29.4 Å². The Hall–Kier alpha value is -2.04. The first-order chi connectivity index (χ1) is 7.11. The van der Waals surface area contributed by atoms with Crippen molar-refractivity contribution in [3.8, 4) is 5.75 Å². The van der Waals surface area contributed by atoms with Gasteiger partial charge in [-0.2, -0.15) is 5.10 Å². The Bertz CT molecular complexity index is 375. The third kappa shape index (κ3) is 3.30. The van der Waals surface area contributed by atoms with Crippen LogP contribution in [0.25, 0.3) is 0 Å². The number of amides is 1. The minimum absolute atomic E-state index is 0.0601. The van der Waals surface area contributed by atoms with Gasteiger partial charge in [-0.15, -0.1) is 0 Å². The molecule has 2 N–H and O–H groups in total. The van der Waals surface area contributed by atoms with Gasteiger partial charge in [0.15, 0.2) is 0 Å². The van der Waals surface area contributed by atoms with Gasteiger partial charge < -0.3 is 10.0 Å². The number of nitrogens with zero attached hydrogens (tertiary/aromatic N) is 2. The van der Waals surface area contributed by atoms with Crippen LogP contribution in [0.4, 0.5) is 0 Å². The van der Waals surface area contributed by atoms with Gasteiger partial charge in [-0.25, -0.2) is 5.43 Å². The highest BCUT2D eigenvalue weighted by atomic mass is 16.3. The smallest absolute Gasteiger partial charge is 0.275 e. The van der Waals surface area contributed by atoms with Crippen LogP contribution in [0, 0.1) is 0 Å². The van der Waals surface area contributed by atoms with Gasteiger partial charge in [-0.1, -0.05) is 12.1 Å². The summed E-state index contributed by atoms with van der Waals surface area (Å²) in [6.45, 7) is 0. The number of hydrogen-bond donors (Lipinski definition) is 2. The number of hydrazone groups is 1. The molecular formula is C10H13N3O2. The van der Waals surface area contributed by atoms with E-state index in [1.54, 1.807) is 31.1 Å². The summed E-state index contributed by atoms with van der Waals surface area (Å²) in [5.74, 6) is -0.499. The van der Waals surface area contributed by atoms with Gasteiger partial charge in [0, 0.05) is 14.1 Å². The molecule has 0 saturated carbocycles. The van der Waals surface area contributed by atoms with E-state index in [2.05, 4.69) is 10.5 Å². The molecule has 80 valence electrons. The molecule has 0 bridgehead atoms. The lowest BCUT2D eigenvalue weighted by molar-refractivity contribution is 0.0952. The average molecular weight is 207 g/mol. The van der Waals surface area contributed by atoms with Crippen LogP contribution in [0.2, 0.25) is 0 Å². The minimum atomic E-state index is -0.439. The lowest BCUT2D eigenvalue weighted by Gasteiger charge is -2.04. The number of benzene rings is 1. The molecule has 0 fully saturated rings. The number of para-hydroxylation sites is 1. The van der Waals surface area contributed by atoms with E-state index < -0.39 is 5.91 Å². The fourth-order valence-electron chi connectivity index (χ4n) is 0.929. The fraction of sp³-hybridized carbons (Fsp3) is 0.200. The van der Waals surface area contributed by atoms with E-state index >= 15 is 0 Å². The second-order valence-corrected chi connectivity index (χ2v) is 3.17. The molecule has 0 saturated heterocycles. The number of rotatable bonds is 3. The van der Waals surface area contributed by atoms with E-state index in [1.807, 2.05) is 0 Å². The van der Waals surface area contributed by atoms with Gasteiger partial charge in [-0.3, -0.25) is 4.79 Å². The largest absolute Gasteiger partial charge is 0.507 e. The predicted molar refractivity (Wildman–Crippen MR) is 57.8 cm³/mol. The van der Waals surface area contributed by atoms with Crippen LogP contribution in [0.3, 0.4) is 0 Å². The van der Waals surface area contributed by atoms with Gasteiger partial charge in [0.25, 0.3) is 5.91 Å². The molecule has 0 spiro atoms. The molecule has 1 amide bonds. The Morgan fingerprint density at radius 1 is 1.47 bits per heavy atom. The highest BCUT2D eigenvalue weighted by molar-refractivity contribution is 5.96. The molecule has 1 rings (SSSR count). The lowest BCUT2D eigenvalue weighted by Crippen LogP contribution is -2.20. The van der Waals surface area contributed by atoms with Crippen molar-refractivity contribution in [3.63, 3.8) is 0 Å². The summed E-state index contributed by atoms with van der Waals surface area (Å²) in [5, 5.41) is 13.0. The molecule has 15 heavy (non-hydrogen) atoms. The zero-order valence-electron chi connectivity index (χ0n) is 8.64. The zero-order valence-corrected chi connectivity index (χ0v) is 8.64. The van der Waals surface area contributed by atoms with E-state index in [9.17, 15) is 9.90 Å². The molecule has 0 atom stereocenters. The van der Waals surface area contributed by atoms with Crippen LogP contribution >= 0.6 is 0 Å². The summed E-state index contributed by atoms with van der Waals surface area (Å²) >= 11 is 0. The van der Waals surface area contributed by atoms with E-state index in [1.165, 1.54) is 18.5 Å². The highest BCUT2D eigenvalue weighted by Crippen LogP contribution is 2.14. The number of nitrogens with one attached hydrogen (secondary N) is 1. The Labute approximate surface area is 88.0 Å². The van der Waals surface area contributed by atoms with E-state index in [4.69, 9.17) is 0 Å². The number of aromatic hydroxyl groups is 1. The van der Waals surface area contributed by atoms with E-state index in [-0.39, 0.29) is 11.3 Å². The fourth-order valence-corrected chi connectivity index (χ4v) is 0.929. The molecule has 1 aromatic carbocycles. The maximum Gasteiger partial charge on any atom is 0.275 e. The van der Waals surface area contributed by atoms with Crippen molar-refractivity contribution in [2.75, 3.05) is 14.1 Å². The first-order valence-corrected chi connectivity index (χ1v) is 4.39. The van der Waals surface area contributed by atoms with Crippen molar-refractivity contribution in [1.82, 2.24) is 10.3 Å². The highest BCUT2D eigenvalue weighted by Gasteiger charge is 2.08. The summed E-state index contributed by atoms with van der Waals surface area (Å²) in [4.78, 5) is 13.1. The monoisotopic (exact) mass is 207 g/mol. The normalized spacial score (nSPS) is 10.3. The molecule has 5 nitrogen and oxygen atoms in total. The predicted octanol–water partition coefficient (Wildman–Crippen LogP) is 0.627. The number of phenols is 1. The quantitative estimate of drug-likeness (QED) is 0.434. The summed E-state index contributed by atoms with van der Waals surface area (Å²) < 4.78 is 0. The Morgan fingerprint density at radius 3 is 2.73 bits per heavy atom. The molecule has 0 aromatic heterocycles. The first-order valence-electron chi connectivity index (χ1n) is 4.39. The van der Waals surface area contributed by atoms with Crippen LogP contribution in [-0.2, 0) is 0 Å². The van der Waals surface area contributed by atoms with Crippen molar-refractivity contribution < 1.29 is 9.90 Å². The van der Waals surface area contributed by atoms with E-state index in [0.29, 0.717) is 0 Å². The standard InChI is InChI=1S/C10H13N3O2/c1-13(2)7-11-12-10(15)8-5-3-4-6-9(8)14/h3-7,14H,1-2H3,(H,12,15)/b11-7+. The molecule has 0 unspecified atom stereocenters. The Kier molecular flexibility index (Phi) is 3.68. The maximum atomic E-state index is 11.4. The summed E-state index contributed by atoms with van der Waals surface area (Å²) in [5.41, 5.74) is 2.50. The van der Waals surface area contributed by atoms with Gasteiger partial charge >= 0.3 is 0 Å². The van der Waals surface area contributed by atoms with Crippen LogP contribution in [0.5, 0.6) is 5.75 Å². The Balaban J connectivity index is 2.66. The van der Waals surface area contributed by atoms with Crippen molar-refractivity contribution in [2.45, 2.75) is 0 Å². The van der Waals surface area contributed by atoms with Crippen LogP contribution in [0.1, 0.15) is 10.4 Å². The molecule has 0 aliphatic heterocycles. The number of carbonyl (C=O) groups is 1. The van der Waals surface area contributed by atoms with Crippen molar-refractivity contribution >= 4 is 12.2 Å². The number of phenolic OH excluding ortho intramolecular Hbond substituents is 1. The average Bonchev–Trinajstić information content (AvgIpc) is 2.17. The van der Waals surface area contributed by atoms with Gasteiger partial charge in [-0.05, 0) is 12.1 Å². The lowest BCUT2D eigenvalue weighted by atomic mass is 10.2. The molecule has 1 aromatic rings. The number of hydrogen-bond acceptors (Lipinski definition) is 3. The summed E-state index contributed by atoms with van der Waals surface area (Å²) in [6.07, 6.45) is 1.46.